The Hall–Kier alpha value is -2.65. The van der Waals surface area contributed by atoms with E-state index in [9.17, 15) is 9.59 Å². The number of H-pyrrole nitrogens is 2. The summed E-state index contributed by atoms with van der Waals surface area (Å²) < 4.78 is 20.7. The number of nitrogens with one attached hydrogen (secondary N) is 2. The zero-order valence-electron chi connectivity index (χ0n) is 14.9. The molecule has 0 spiro atoms. The SMILES string of the molecule is CCOC(=O)c1cc2occ(Br)c2[nH]1.CCOC(=O)c1cc2occ(Cl)c2[nH]1. The van der Waals surface area contributed by atoms with Crippen molar-refractivity contribution in [2.75, 3.05) is 13.2 Å². The van der Waals surface area contributed by atoms with E-state index in [-0.39, 0.29) is 5.97 Å². The molecule has 0 saturated heterocycles. The van der Waals surface area contributed by atoms with Crippen LogP contribution in [0.5, 0.6) is 0 Å². The predicted molar refractivity (Wildman–Crippen MR) is 106 cm³/mol. The highest BCUT2D eigenvalue weighted by molar-refractivity contribution is 9.10. The first-order chi connectivity index (χ1) is 13.4. The monoisotopic (exact) mass is 470 g/mol. The van der Waals surface area contributed by atoms with Gasteiger partial charge in [-0.3, -0.25) is 0 Å². The van der Waals surface area contributed by atoms with Crippen LogP contribution in [-0.2, 0) is 9.47 Å². The molecule has 0 aromatic carbocycles. The lowest BCUT2D eigenvalue weighted by Crippen LogP contribution is -2.04. The van der Waals surface area contributed by atoms with Crippen molar-refractivity contribution in [1.82, 2.24) is 9.97 Å². The topological polar surface area (TPSA) is 110 Å². The maximum atomic E-state index is 11.3. The van der Waals surface area contributed by atoms with Crippen LogP contribution in [0.1, 0.15) is 34.8 Å². The number of rotatable bonds is 4. The standard InChI is InChI=1S/C9H8BrNO3.C9H8ClNO3/c2*1-2-13-9(12)6-3-7-8(11-6)5(10)4-14-7/h2*3-4,11H,2H2,1H3. The number of aromatic nitrogens is 2. The number of ether oxygens (including phenoxy) is 2. The van der Waals surface area contributed by atoms with Gasteiger partial charge >= 0.3 is 11.9 Å². The molecule has 0 aliphatic heterocycles. The number of halogens is 2. The van der Waals surface area contributed by atoms with Crippen LogP contribution < -0.4 is 0 Å². The van der Waals surface area contributed by atoms with E-state index in [2.05, 4.69) is 25.9 Å². The smallest absolute Gasteiger partial charge is 0.354 e. The Labute approximate surface area is 172 Å². The number of carbonyl (C=O) groups is 2. The fourth-order valence-electron chi connectivity index (χ4n) is 2.40. The van der Waals surface area contributed by atoms with Gasteiger partial charge in [-0.1, -0.05) is 11.6 Å². The molecule has 0 radical (unpaired) electrons. The number of esters is 2. The molecule has 0 fully saturated rings. The van der Waals surface area contributed by atoms with Crippen LogP contribution in [0.4, 0.5) is 0 Å². The van der Waals surface area contributed by atoms with Crippen molar-refractivity contribution >= 4 is 61.7 Å². The Kier molecular flexibility index (Phi) is 6.15. The zero-order chi connectivity index (χ0) is 20.3. The maximum Gasteiger partial charge on any atom is 0.354 e. The van der Waals surface area contributed by atoms with E-state index in [1.165, 1.54) is 6.26 Å². The summed E-state index contributed by atoms with van der Waals surface area (Å²) in [6.07, 6.45) is 2.98. The van der Waals surface area contributed by atoms with Gasteiger partial charge in [-0.15, -0.1) is 0 Å². The van der Waals surface area contributed by atoms with Gasteiger partial charge in [0.2, 0.25) is 0 Å². The normalized spacial score (nSPS) is 10.7. The summed E-state index contributed by atoms with van der Waals surface area (Å²) in [7, 11) is 0. The quantitative estimate of drug-likeness (QED) is 0.391. The highest BCUT2D eigenvalue weighted by Gasteiger charge is 2.15. The number of aromatic amines is 2. The minimum atomic E-state index is -0.407. The van der Waals surface area contributed by atoms with Crippen molar-refractivity contribution in [3.8, 4) is 0 Å². The van der Waals surface area contributed by atoms with Gasteiger partial charge in [0.25, 0.3) is 0 Å². The lowest BCUT2D eigenvalue weighted by Gasteiger charge is -1.96. The van der Waals surface area contributed by atoms with Crippen LogP contribution in [0, 0.1) is 0 Å². The molecule has 148 valence electrons. The van der Waals surface area contributed by atoms with Gasteiger partial charge in [-0.25, -0.2) is 9.59 Å². The molecule has 0 unspecified atom stereocenters. The predicted octanol–water partition coefficient (Wildman–Crippen LogP) is 5.29. The number of furan rings is 2. The van der Waals surface area contributed by atoms with Gasteiger partial charge in [0.1, 0.15) is 34.5 Å². The van der Waals surface area contributed by atoms with E-state index in [1.54, 1.807) is 32.2 Å². The fourth-order valence-corrected chi connectivity index (χ4v) is 2.97. The first kappa shape index (κ1) is 20.1. The third-order valence-electron chi connectivity index (χ3n) is 3.61. The van der Waals surface area contributed by atoms with Crippen LogP contribution in [-0.4, -0.2) is 35.1 Å². The molecule has 0 aliphatic carbocycles. The molecule has 4 aromatic rings. The molecule has 4 heterocycles. The Bertz CT molecular complexity index is 1030. The first-order valence-corrected chi connectivity index (χ1v) is 9.47. The van der Waals surface area contributed by atoms with E-state index >= 15 is 0 Å². The molecule has 8 nitrogen and oxygen atoms in total. The van der Waals surface area contributed by atoms with Gasteiger partial charge in [0, 0.05) is 12.1 Å². The van der Waals surface area contributed by atoms with E-state index < -0.39 is 5.97 Å². The van der Waals surface area contributed by atoms with Gasteiger partial charge in [0.15, 0.2) is 11.2 Å². The van der Waals surface area contributed by atoms with Crippen molar-refractivity contribution < 1.29 is 27.9 Å². The highest BCUT2D eigenvalue weighted by Crippen LogP contribution is 2.26. The first-order valence-electron chi connectivity index (χ1n) is 8.30. The molecule has 28 heavy (non-hydrogen) atoms. The number of hydrogen-bond acceptors (Lipinski definition) is 6. The maximum absolute atomic E-state index is 11.3. The van der Waals surface area contributed by atoms with Crippen LogP contribution in [0.15, 0.2) is 38.0 Å². The fraction of sp³-hybridized carbons (Fsp3) is 0.222. The number of hydrogen-bond donors (Lipinski definition) is 2. The second-order valence-electron chi connectivity index (χ2n) is 5.45. The van der Waals surface area contributed by atoms with Gasteiger partial charge in [0.05, 0.1) is 23.2 Å². The van der Waals surface area contributed by atoms with Gasteiger partial charge < -0.3 is 28.3 Å². The van der Waals surface area contributed by atoms with Crippen LogP contribution in [0.2, 0.25) is 5.02 Å². The molecule has 2 N–H and O–H groups in total. The molecule has 4 aromatic heterocycles. The number of carbonyl (C=O) groups excluding carboxylic acids is 2. The Morgan fingerprint density at radius 1 is 0.964 bits per heavy atom. The van der Waals surface area contributed by atoms with Crippen molar-refractivity contribution in [2.45, 2.75) is 13.8 Å². The molecule has 0 saturated carbocycles. The van der Waals surface area contributed by atoms with E-state index in [4.69, 9.17) is 29.9 Å². The van der Waals surface area contributed by atoms with E-state index in [1.807, 2.05) is 0 Å². The average molecular weight is 472 g/mol. The summed E-state index contributed by atoms with van der Waals surface area (Å²) in [6, 6.07) is 3.19. The van der Waals surface area contributed by atoms with Gasteiger partial charge in [-0.2, -0.15) is 0 Å². The Morgan fingerprint density at radius 2 is 1.46 bits per heavy atom. The number of fused-ring (bicyclic) bond motifs is 2. The largest absolute Gasteiger partial charge is 0.461 e. The molecule has 4 rings (SSSR count). The molecule has 0 aliphatic rings. The third kappa shape index (κ3) is 4.10. The summed E-state index contributed by atoms with van der Waals surface area (Å²) in [4.78, 5) is 28.3. The van der Waals surface area contributed by atoms with Crippen molar-refractivity contribution in [3.63, 3.8) is 0 Å². The second-order valence-corrected chi connectivity index (χ2v) is 6.71. The Morgan fingerprint density at radius 3 is 1.96 bits per heavy atom. The molecule has 0 amide bonds. The second kappa shape index (κ2) is 8.57. The van der Waals surface area contributed by atoms with Gasteiger partial charge in [-0.05, 0) is 29.8 Å². The lowest BCUT2D eigenvalue weighted by molar-refractivity contribution is 0.0511. The molecular weight excluding hydrogens is 456 g/mol. The van der Waals surface area contributed by atoms with Crippen LogP contribution in [0.25, 0.3) is 22.2 Å². The zero-order valence-corrected chi connectivity index (χ0v) is 17.3. The molecule has 0 atom stereocenters. The van der Waals surface area contributed by atoms with Crippen LogP contribution in [0.3, 0.4) is 0 Å². The molecule has 0 bridgehead atoms. The third-order valence-corrected chi connectivity index (χ3v) is 4.47. The average Bonchev–Trinajstić information content (AvgIpc) is 3.41. The molecular formula is C18H16BrClN2O6. The summed E-state index contributed by atoms with van der Waals surface area (Å²) in [5.41, 5.74) is 3.34. The summed E-state index contributed by atoms with van der Waals surface area (Å²) in [5.74, 6) is -0.777. The summed E-state index contributed by atoms with van der Waals surface area (Å²) in [6.45, 7) is 4.21. The highest BCUT2D eigenvalue weighted by atomic mass is 79.9. The minimum Gasteiger partial charge on any atom is -0.461 e. The van der Waals surface area contributed by atoms with Crippen LogP contribution >= 0.6 is 27.5 Å². The summed E-state index contributed by atoms with van der Waals surface area (Å²) >= 11 is 9.08. The lowest BCUT2D eigenvalue weighted by atomic mass is 10.4. The minimum absolute atomic E-state index is 0.340. The van der Waals surface area contributed by atoms with Crippen molar-refractivity contribution in [3.05, 3.63) is 45.5 Å². The van der Waals surface area contributed by atoms with Crippen molar-refractivity contribution in [2.24, 2.45) is 0 Å². The Balaban J connectivity index is 0.000000161. The van der Waals surface area contributed by atoms with E-state index in [0.717, 1.165) is 9.99 Å². The van der Waals surface area contributed by atoms with Crippen molar-refractivity contribution in [1.29, 1.82) is 0 Å². The summed E-state index contributed by atoms with van der Waals surface area (Å²) in [5, 5.41) is 0.454. The van der Waals surface area contributed by atoms with E-state index in [0.29, 0.717) is 46.3 Å². The molecule has 10 heteroatoms.